The fraction of sp³-hybridized carbons (Fsp3) is 0.258. The zero-order valence-electron chi connectivity index (χ0n) is 23.7. The molecular formula is C31H29N3O7S. The molecule has 1 aliphatic rings. The highest BCUT2D eigenvalue weighted by molar-refractivity contribution is 7.07. The Kier molecular flexibility index (Phi) is 7.95. The number of nitrogens with zero attached hydrogens (tertiary/aromatic N) is 3. The lowest BCUT2D eigenvalue weighted by atomic mass is 9.96. The number of hydrogen-bond donors (Lipinski definition) is 0. The predicted molar refractivity (Wildman–Crippen MR) is 158 cm³/mol. The van der Waals surface area contributed by atoms with Crippen molar-refractivity contribution in [2.45, 2.75) is 46.8 Å². The van der Waals surface area contributed by atoms with Crippen LogP contribution in [0.3, 0.4) is 0 Å². The normalized spacial score (nSPS) is 15.0. The van der Waals surface area contributed by atoms with Gasteiger partial charge in [-0.2, -0.15) is 0 Å². The van der Waals surface area contributed by atoms with Gasteiger partial charge in [0, 0.05) is 23.8 Å². The number of aromatic nitrogens is 1. The topological polar surface area (TPSA) is 126 Å². The summed E-state index contributed by atoms with van der Waals surface area (Å²) in [6.07, 6.45) is 1.28. The SMILES string of the molecule is CCOc1ccc([C@@H]2C(C(=O)OC(C)C)=C(C)N=c3s/c(=C/c4ccc(-c5ccc([N+](=O)[O-])cc5C)o4)c(=O)n32)cc1. The van der Waals surface area contributed by atoms with E-state index in [-0.39, 0.29) is 17.4 Å². The summed E-state index contributed by atoms with van der Waals surface area (Å²) in [6.45, 7) is 9.45. The number of aryl methyl sites for hydroxylation is 1. The van der Waals surface area contributed by atoms with E-state index in [0.29, 0.717) is 61.2 Å². The Morgan fingerprint density at radius 3 is 2.55 bits per heavy atom. The summed E-state index contributed by atoms with van der Waals surface area (Å²) in [6, 6.07) is 14.6. The number of allylic oxidation sites excluding steroid dienone is 1. The van der Waals surface area contributed by atoms with E-state index >= 15 is 0 Å². The van der Waals surface area contributed by atoms with Crippen LogP contribution in [0.5, 0.6) is 5.75 Å². The van der Waals surface area contributed by atoms with Crippen LogP contribution in [0.1, 0.15) is 50.6 Å². The van der Waals surface area contributed by atoms with Crippen LogP contribution in [-0.4, -0.2) is 28.2 Å². The molecule has 0 fully saturated rings. The molecule has 0 saturated heterocycles. The average molecular weight is 588 g/mol. The molecule has 0 radical (unpaired) electrons. The fourth-order valence-electron chi connectivity index (χ4n) is 4.83. The molecule has 5 rings (SSSR count). The lowest BCUT2D eigenvalue weighted by Gasteiger charge is -2.25. The number of nitro benzene ring substituents is 1. The molecule has 0 N–H and O–H groups in total. The van der Waals surface area contributed by atoms with E-state index in [1.807, 2.05) is 19.1 Å². The average Bonchev–Trinajstić information content (AvgIpc) is 3.52. The minimum atomic E-state index is -0.750. The van der Waals surface area contributed by atoms with Gasteiger partial charge in [-0.15, -0.1) is 0 Å². The van der Waals surface area contributed by atoms with E-state index in [1.165, 1.54) is 28.0 Å². The highest BCUT2D eigenvalue weighted by Gasteiger charge is 2.34. The molecule has 0 amide bonds. The van der Waals surface area contributed by atoms with Gasteiger partial charge in [0.05, 0.1) is 39.5 Å². The van der Waals surface area contributed by atoms with Gasteiger partial charge >= 0.3 is 5.97 Å². The molecule has 11 heteroatoms. The smallest absolute Gasteiger partial charge is 0.338 e. The number of benzene rings is 2. The van der Waals surface area contributed by atoms with Gasteiger partial charge in [0.25, 0.3) is 11.2 Å². The number of carbonyl (C=O) groups is 1. The van der Waals surface area contributed by atoms with Crippen LogP contribution in [0.25, 0.3) is 17.4 Å². The van der Waals surface area contributed by atoms with E-state index in [4.69, 9.17) is 13.9 Å². The van der Waals surface area contributed by atoms with Gasteiger partial charge in [-0.1, -0.05) is 23.5 Å². The van der Waals surface area contributed by atoms with Crippen molar-refractivity contribution in [2.24, 2.45) is 4.99 Å². The Balaban J connectivity index is 1.59. The van der Waals surface area contributed by atoms with Crippen molar-refractivity contribution < 1.29 is 23.6 Å². The lowest BCUT2D eigenvalue weighted by molar-refractivity contribution is -0.384. The summed E-state index contributed by atoms with van der Waals surface area (Å²) in [4.78, 5) is 42.9. The molecule has 1 aliphatic heterocycles. The second-order valence-electron chi connectivity index (χ2n) is 10.00. The zero-order chi connectivity index (χ0) is 30.1. The quantitative estimate of drug-likeness (QED) is 0.160. The van der Waals surface area contributed by atoms with E-state index in [9.17, 15) is 19.7 Å². The molecule has 0 saturated carbocycles. The predicted octanol–water partition coefficient (Wildman–Crippen LogP) is 5.06. The van der Waals surface area contributed by atoms with Gasteiger partial charge in [0.15, 0.2) is 4.80 Å². The van der Waals surface area contributed by atoms with Gasteiger partial charge in [-0.3, -0.25) is 19.5 Å². The van der Waals surface area contributed by atoms with Gasteiger partial charge in [-0.05, 0) is 76.1 Å². The van der Waals surface area contributed by atoms with E-state index in [2.05, 4.69) is 4.99 Å². The number of hydrogen-bond acceptors (Lipinski definition) is 9. The number of non-ortho nitro benzene ring substituents is 1. The number of ether oxygens (including phenoxy) is 2. The third kappa shape index (κ3) is 5.55. The molecule has 10 nitrogen and oxygen atoms in total. The first-order valence-corrected chi connectivity index (χ1v) is 14.2. The Labute approximate surface area is 245 Å². The molecule has 42 heavy (non-hydrogen) atoms. The Morgan fingerprint density at radius 1 is 1.17 bits per heavy atom. The molecule has 0 spiro atoms. The van der Waals surface area contributed by atoms with Crippen molar-refractivity contribution in [1.29, 1.82) is 0 Å². The third-order valence-electron chi connectivity index (χ3n) is 6.68. The highest BCUT2D eigenvalue weighted by Crippen LogP contribution is 2.32. The van der Waals surface area contributed by atoms with Crippen LogP contribution in [-0.2, 0) is 9.53 Å². The largest absolute Gasteiger partial charge is 0.494 e. The molecular weight excluding hydrogens is 558 g/mol. The summed E-state index contributed by atoms with van der Waals surface area (Å²) in [5, 5.41) is 11.1. The van der Waals surface area contributed by atoms with Gasteiger partial charge in [-0.25, -0.2) is 9.79 Å². The van der Waals surface area contributed by atoms with Crippen molar-refractivity contribution in [3.05, 3.63) is 113 Å². The number of nitro groups is 1. The first-order valence-electron chi connectivity index (χ1n) is 13.4. The highest BCUT2D eigenvalue weighted by atomic mass is 32.1. The van der Waals surface area contributed by atoms with Gasteiger partial charge < -0.3 is 13.9 Å². The van der Waals surface area contributed by atoms with Gasteiger partial charge in [0.1, 0.15) is 17.3 Å². The summed E-state index contributed by atoms with van der Waals surface area (Å²) in [5.74, 6) is 1.09. The first-order chi connectivity index (χ1) is 20.1. The molecule has 2 aromatic carbocycles. The van der Waals surface area contributed by atoms with Crippen LogP contribution in [0.4, 0.5) is 5.69 Å². The standard InChI is InChI=1S/C31H29N3O7S/c1-6-39-22-10-7-20(8-11-22)28-27(30(36)40-17(2)3)19(5)32-31-33(28)29(35)26(42-31)16-23-12-14-25(41-23)24-13-9-21(34(37)38)15-18(24)4/h7-17,28H,6H2,1-5H3/b26-16+/t28-/m1/s1. The third-order valence-corrected chi connectivity index (χ3v) is 7.66. The summed E-state index contributed by atoms with van der Waals surface area (Å²) < 4.78 is 19.0. The molecule has 3 heterocycles. The second-order valence-corrected chi connectivity index (χ2v) is 11.0. The number of thiazole rings is 1. The Hall–Kier alpha value is -4.77. The molecule has 4 aromatic rings. The maximum absolute atomic E-state index is 13.9. The first kappa shape index (κ1) is 28.7. The molecule has 0 unspecified atom stereocenters. The molecule has 0 aliphatic carbocycles. The van der Waals surface area contributed by atoms with Crippen LogP contribution < -0.4 is 19.6 Å². The summed E-state index contributed by atoms with van der Waals surface area (Å²) >= 11 is 1.19. The van der Waals surface area contributed by atoms with Crippen molar-refractivity contribution in [3.63, 3.8) is 0 Å². The van der Waals surface area contributed by atoms with Crippen LogP contribution in [0, 0.1) is 17.0 Å². The number of furan rings is 1. The van der Waals surface area contributed by atoms with Crippen LogP contribution >= 0.6 is 11.3 Å². The van der Waals surface area contributed by atoms with Crippen LogP contribution in [0.2, 0.25) is 0 Å². The van der Waals surface area contributed by atoms with Crippen molar-refractivity contribution in [1.82, 2.24) is 4.57 Å². The van der Waals surface area contributed by atoms with Crippen molar-refractivity contribution in [3.8, 4) is 17.1 Å². The number of esters is 1. The van der Waals surface area contributed by atoms with E-state index in [1.54, 1.807) is 64.1 Å². The zero-order valence-corrected chi connectivity index (χ0v) is 24.6. The fourth-order valence-corrected chi connectivity index (χ4v) is 5.86. The molecule has 1 atom stereocenters. The molecule has 0 bridgehead atoms. The second kappa shape index (κ2) is 11.6. The minimum Gasteiger partial charge on any atom is -0.494 e. The maximum atomic E-state index is 13.9. The maximum Gasteiger partial charge on any atom is 0.338 e. The number of carbonyl (C=O) groups excluding carboxylic acids is 1. The minimum absolute atomic E-state index is 0.00170. The Morgan fingerprint density at radius 2 is 1.90 bits per heavy atom. The van der Waals surface area contributed by atoms with E-state index < -0.39 is 16.9 Å². The van der Waals surface area contributed by atoms with Gasteiger partial charge in [0.2, 0.25) is 0 Å². The summed E-state index contributed by atoms with van der Waals surface area (Å²) in [7, 11) is 0. The Bertz CT molecular complexity index is 1900. The number of rotatable bonds is 8. The summed E-state index contributed by atoms with van der Waals surface area (Å²) in [5.41, 5.74) is 2.55. The van der Waals surface area contributed by atoms with Crippen molar-refractivity contribution in [2.75, 3.05) is 6.61 Å². The van der Waals surface area contributed by atoms with Crippen LogP contribution in [0.15, 0.2) is 80.1 Å². The monoisotopic (exact) mass is 587 g/mol. The van der Waals surface area contributed by atoms with Crippen molar-refractivity contribution >= 4 is 29.1 Å². The molecule has 216 valence electrons. The van der Waals surface area contributed by atoms with E-state index in [0.717, 1.165) is 0 Å². The number of fused-ring (bicyclic) bond motifs is 1. The lowest BCUT2D eigenvalue weighted by Crippen LogP contribution is -2.40. The molecule has 2 aromatic heterocycles.